The standard InChI is InChI=1S/C26H27NO8/c1-29-8-10-31-16-34-19-5-6-20-24(13-19)33-15-22(26(20)28)21-12-18-4-3-7-27-23(18)14-25(21)35-17-32-11-9-30-2/h3-7,12-15H,8-11,16-17H2,1-2H3. The van der Waals surface area contributed by atoms with Gasteiger partial charge in [-0.05, 0) is 24.3 Å². The normalized spacial score (nSPS) is 11.3. The largest absolute Gasteiger partial charge is 0.467 e. The number of hydrogen-bond acceptors (Lipinski definition) is 9. The summed E-state index contributed by atoms with van der Waals surface area (Å²) in [4.78, 5) is 17.8. The zero-order chi connectivity index (χ0) is 24.5. The van der Waals surface area contributed by atoms with E-state index in [-0.39, 0.29) is 19.0 Å². The van der Waals surface area contributed by atoms with Crippen LogP contribution in [0.2, 0.25) is 0 Å². The Labute approximate surface area is 202 Å². The molecule has 4 rings (SSSR count). The number of aromatic nitrogens is 1. The Hall–Kier alpha value is -3.50. The van der Waals surface area contributed by atoms with Gasteiger partial charge in [0.05, 0.1) is 42.9 Å². The zero-order valence-electron chi connectivity index (χ0n) is 19.7. The maximum Gasteiger partial charge on any atom is 0.200 e. The van der Waals surface area contributed by atoms with Gasteiger partial charge in [-0.3, -0.25) is 9.78 Å². The van der Waals surface area contributed by atoms with Crippen molar-refractivity contribution >= 4 is 21.9 Å². The fourth-order valence-corrected chi connectivity index (χ4v) is 3.43. The smallest absolute Gasteiger partial charge is 0.200 e. The van der Waals surface area contributed by atoms with E-state index in [0.29, 0.717) is 60.0 Å². The van der Waals surface area contributed by atoms with Gasteiger partial charge in [0.1, 0.15) is 23.3 Å². The minimum absolute atomic E-state index is 0.000760. The molecule has 0 N–H and O–H groups in total. The lowest BCUT2D eigenvalue weighted by molar-refractivity contribution is -0.00848. The van der Waals surface area contributed by atoms with Gasteiger partial charge in [-0.1, -0.05) is 6.07 Å². The molecule has 0 saturated carbocycles. The van der Waals surface area contributed by atoms with Crippen molar-refractivity contribution in [3.63, 3.8) is 0 Å². The van der Waals surface area contributed by atoms with Gasteiger partial charge in [-0.2, -0.15) is 0 Å². The van der Waals surface area contributed by atoms with E-state index in [1.807, 2.05) is 18.2 Å². The fourth-order valence-electron chi connectivity index (χ4n) is 3.43. The number of hydrogen-bond donors (Lipinski definition) is 0. The van der Waals surface area contributed by atoms with E-state index in [4.69, 9.17) is 32.8 Å². The average Bonchev–Trinajstić information content (AvgIpc) is 2.88. The number of pyridine rings is 1. The highest BCUT2D eigenvalue weighted by molar-refractivity contribution is 5.90. The molecule has 0 spiro atoms. The second-order valence-electron chi connectivity index (χ2n) is 7.51. The Kier molecular flexibility index (Phi) is 8.63. The van der Waals surface area contributed by atoms with Crippen molar-refractivity contribution in [2.24, 2.45) is 0 Å². The van der Waals surface area contributed by atoms with Gasteiger partial charge in [0, 0.05) is 43.5 Å². The number of benzene rings is 2. The van der Waals surface area contributed by atoms with Crippen LogP contribution in [0.5, 0.6) is 11.5 Å². The predicted molar refractivity (Wildman–Crippen MR) is 130 cm³/mol. The van der Waals surface area contributed by atoms with E-state index in [1.165, 1.54) is 6.26 Å². The molecule has 9 heteroatoms. The van der Waals surface area contributed by atoms with Crippen LogP contribution in [0.4, 0.5) is 0 Å². The third-order valence-electron chi connectivity index (χ3n) is 5.21. The van der Waals surface area contributed by atoms with Crippen molar-refractivity contribution in [2.45, 2.75) is 0 Å². The Morgan fingerprint density at radius 2 is 1.63 bits per heavy atom. The summed E-state index contributed by atoms with van der Waals surface area (Å²) in [6.45, 7) is 1.81. The van der Waals surface area contributed by atoms with E-state index in [2.05, 4.69) is 4.98 Å². The van der Waals surface area contributed by atoms with Crippen LogP contribution in [0, 0.1) is 0 Å². The summed E-state index contributed by atoms with van der Waals surface area (Å²) >= 11 is 0. The SMILES string of the molecule is COCCOCOc1ccc2c(=O)c(-c3cc4cccnc4cc3OCOCCOC)coc2c1. The summed E-state index contributed by atoms with van der Waals surface area (Å²) in [7, 11) is 3.20. The van der Waals surface area contributed by atoms with Gasteiger partial charge < -0.3 is 32.8 Å². The van der Waals surface area contributed by atoms with Crippen molar-refractivity contribution in [1.82, 2.24) is 4.98 Å². The molecule has 0 atom stereocenters. The van der Waals surface area contributed by atoms with Crippen molar-refractivity contribution in [1.29, 1.82) is 0 Å². The molecule has 0 aliphatic rings. The second kappa shape index (κ2) is 12.3. The van der Waals surface area contributed by atoms with Gasteiger partial charge in [-0.15, -0.1) is 0 Å². The molecule has 2 aromatic carbocycles. The quantitative estimate of drug-likeness (QED) is 0.207. The molecule has 0 fully saturated rings. The molecule has 0 amide bonds. The van der Waals surface area contributed by atoms with Gasteiger partial charge in [0.25, 0.3) is 0 Å². The summed E-state index contributed by atoms with van der Waals surface area (Å²) in [5.74, 6) is 0.994. The second-order valence-corrected chi connectivity index (χ2v) is 7.51. The fraction of sp³-hybridized carbons (Fsp3) is 0.308. The molecule has 184 valence electrons. The lowest BCUT2D eigenvalue weighted by Gasteiger charge is -2.13. The maximum atomic E-state index is 13.4. The highest BCUT2D eigenvalue weighted by Gasteiger charge is 2.16. The molecule has 0 bridgehead atoms. The molecule has 0 aliphatic carbocycles. The zero-order valence-corrected chi connectivity index (χ0v) is 19.7. The monoisotopic (exact) mass is 481 g/mol. The summed E-state index contributed by atoms with van der Waals surface area (Å²) in [5, 5.41) is 1.29. The van der Waals surface area contributed by atoms with Gasteiger partial charge >= 0.3 is 0 Å². The number of fused-ring (bicyclic) bond motifs is 2. The lowest BCUT2D eigenvalue weighted by atomic mass is 10.0. The minimum atomic E-state index is -0.192. The minimum Gasteiger partial charge on any atom is -0.467 e. The summed E-state index contributed by atoms with van der Waals surface area (Å²) in [5.41, 5.74) is 1.90. The van der Waals surface area contributed by atoms with E-state index in [1.54, 1.807) is 44.7 Å². The van der Waals surface area contributed by atoms with E-state index in [0.717, 1.165) is 10.9 Å². The summed E-state index contributed by atoms with van der Waals surface area (Å²) in [6, 6.07) is 12.4. The first-order chi connectivity index (χ1) is 17.2. The number of methoxy groups -OCH3 is 2. The van der Waals surface area contributed by atoms with Crippen LogP contribution in [-0.4, -0.2) is 59.2 Å². The Bertz CT molecular complexity index is 1320. The molecule has 35 heavy (non-hydrogen) atoms. The van der Waals surface area contributed by atoms with Crippen LogP contribution in [0.1, 0.15) is 0 Å². The van der Waals surface area contributed by atoms with Crippen molar-refractivity contribution in [3.8, 4) is 22.6 Å². The Morgan fingerprint density at radius 3 is 2.40 bits per heavy atom. The molecule has 9 nitrogen and oxygen atoms in total. The summed E-state index contributed by atoms with van der Waals surface area (Å²) < 4.78 is 37.9. The number of nitrogens with zero attached hydrogens (tertiary/aromatic N) is 1. The highest BCUT2D eigenvalue weighted by Crippen LogP contribution is 2.33. The van der Waals surface area contributed by atoms with Gasteiger partial charge in [0.2, 0.25) is 5.43 Å². The third kappa shape index (κ3) is 6.14. The molecule has 4 aromatic rings. The van der Waals surface area contributed by atoms with Crippen LogP contribution in [0.25, 0.3) is 33.0 Å². The van der Waals surface area contributed by atoms with E-state index < -0.39 is 0 Å². The maximum absolute atomic E-state index is 13.4. The molecule has 0 saturated heterocycles. The Balaban J connectivity index is 1.62. The summed E-state index contributed by atoms with van der Waals surface area (Å²) in [6.07, 6.45) is 3.13. The van der Waals surface area contributed by atoms with Crippen LogP contribution in [0.3, 0.4) is 0 Å². The first kappa shape index (κ1) is 24.6. The van der Waals surface area contributed by atoms with Crippen LogP contribution in [0.15, 0.2) is 64.1 Å². The van der Waals surface area contributed by atoms with Crippen LogP contribution in [-0.2, 0) is 18.9 Å². The first-order valence-corrected chi connectivity index (χ1v) is 11.0. The average molecular weight is 482 g/mol. The van der Waals surface area contributed by atoms with Gasteiger partial charge in [-0.25, -0.2) is 0 Å². The molecule has 2 aromatic heterocycles. The molecule has 0 unspecified atom stereocenters. The molecule has 0 aliphatic heterocycles. The Morgan fingerprint density at radius 1 is 0.857 bits per heavy atom. The highest BCUT2D eigenvalue weighted by atomic mass is 16.7. The van der Waals surface area contributed by atoms with Crippen molar-refractivity contribution in [2.75, 3.05) is 54.2 Å². The lowest BCUT2D eigenvalue weighted by Crippen LogP contribution is -2.10. The topological polar surface area (TPSA) is 98.5 Å². The molecule has 0 radical (unpaired) electrons. The van der Waals surface area contributed by atoms with Gasteiger partial charge in [0.15, 0.2) is 13.6 Å². The third-order valence-corrected chi connectivity index (χ3v) is 5.21. The van der Waals surface area contributed by atoms with E-state index >= 15 is 0 Å². The van der Waals surface area contributed by atoms with Crippen LogP contribution >= 0.6 is 0 Å². The van der Waals surface area contributed by atoms with E-state index in [9.17, 15) is 4.79 Å². The first-order valence-electron chi connectivity index (χ1n) is 11.0. The van der Waals surface area contributed by atoms with Crippen molar-refractivity contribution < 1.29 is 32.8 Å². The van der Waals surface area contributed by atoms with Crippen molar-refractivity contribution in [3.05, 3.63) is 65.1 Å². The molecular formula is C26H27NO8. The number of rotatable bonds is 13. The predicted octanol–water partition coefficient (Wildman–Crippen LogP) is 4.01. The van der Waals surface area contributed by atoms with Crippen LogP contribution < -0.4 is 14.9 Å². The molecular weight excluding hydrogens is 454 g/mol. The molecule has 2 heterocycles. The number of ether oxygens (including phenoxy) is 6.